The molecule has 7 nitrogen and oxygen atoms in total. The minimum Gasteiger partial charge on any atom is -0.352 e. The van der Waals surface area contributed by atoms with Crippen molar-refractivity contribution in [2.75, 3.05) is 6.54 Å². The van der Waals surface area contributed by atoms with Crippen LogP contribution in [0.2, 0.25) is 0 Å². The molecule has 0 bridgehead atoms. The van der Waals surface area contributed by atoms with Gasteiger partial charge < -0.3 is 5.32 Å². The summed E-state index contributed by atoms with van der Waals surface area (Å²) in [6, 6.07) is 4.25. The Labute approximate surface area is 158 Å². The summed E-state index contributed by atoms with van der Waals surface area (Å²) >= 11 is 0. The molecule has 1 atom stereocenters. The fourth-order valence-electron chi connectivity index (χ4n) is 3.61. The van der Waals surface area contributed by atoms with E-state index in [4.69, 9.17) is 4.98 Å². The smallest absolute Gasteiger partial charge is 0.252 e. The van der Waals surface area contributed by atoms with Crippen molar-refractivity contribution in [3.05, 3.63) is 41.0 Å². The van der Waals surface area contributed by atoms with E-state index >= 15 is 0 Å². The quantitative estimate of drug-likeness (QED) is 0.727. The number of hydrogen-bond donors (Lipinski definition) is 1. The molecule has 1 aliphatic rings. The van der Waals surface area contributed by atoms with Gasteiger partial charge in [-0.25, -0.2) is 4.98 Å². The van der Waals surface area contributed by atoms with Crippen LogP contribution in [0.3, 0.4) is 0 Å². The second kappa shape index (κ2) is 6.79. The summed E-state index contributed by atoms with van der Waals surface area (Å²) in [4.78, 5) is 17.6. The number of aromatic nitrogens is 5. The van der Waals surface area contributed by atoms with E-state index < -0.39 is 0 Å². The number of nitrogens with one attached hydrogen (secondary N) is 1. The lowest BCUT2D eigenvalue weighted by Crippen LogP contribution is -2.27. The molecule has 4 rings (SSSR count). The molecular formula is C20H26N6O. The first-order valence-corrected chi connectivity index (χ1v) is 9.57. The first kappa shape index (κ1) is 17.7. The van der Waals surface area contributed by atoms with Gasteiger partial charge in [0.15, 0.2) is 5.65 Å². The summed E-state index contributed by atoms with van der Waals surface area (Å²) in [7, 11) is 1.86. The first-order valence-electron chi connectivity index (χ1n) is 9.57. The molecule has 142 valence electrons. The Hall–Kier alpha value is -2.70. The van der Waals surface area contributed by atoms with Crippen LogP contribution in [0.15, 0.2) is 18.3 Å². The molecule has 0 saturated heterocycles. The van der Waals surface area contributed by atoms with E-state index in [0.29, 0.717) is 18.0 Å². The van der Waals surface area contributed by atoms with Gasteiger partial charge in [-0.15, -0.1) is 0 Å². The summed E-state index contributed by atoms with van der Waals surface area (Å²) in [5.74, 6) is 0.430. The average molecular weight is 366 g/mol. The second-order valence-corrected chi connectivity index (χ2v) is 7.64. The minimum absolute atomic E-state index is 0.0575. The topological polar surface area (TPSA) is 77.6 Å². The van der Waals surface area contributed by atoms with Gasteiger partial charge in [-0.2, -0.15) is 10.2 Å². The zero-order valence-electron chi connectivity index (χ0n) is 16.4. The van der Waals surface area contributed by atoms with Crippen molar-refractivity contribution in [3.8, 4) is 0 Å². The number of pyridine rings is 1. The second-order valence-electron chi connectivity index (χ2n) is 7.64. The standard InChI is InChI=1S/C20H26N6O/c1-12-9-14(3)26(24-12)13(2)7-8-21-20(27)16-10-18(15-5-6-15)23-19-17(16)11-22-25(19)4/h9-11,13,15H,5-8H2,1-4H3,(H,21,27)/t13-/m1/s1. The third-order valence-corrected chi connectivity index (χ3v) is 5.27. The van der Waals surface area contributed by atoms with Crippen LogP contribution in [0.5, 0.6) is 0 Å². The lowest BCUT2D eigenvalue weighted by Gasteiger charge is -2.15. The van der Waals surface area contributed by atoms with Gasteiger partial charge in [0.05, 0.1) is 28.9 Å². The molecule has 0 aromatic carbocycles. The van der Waals surface area contributed by atoms with Crippen LogP contribution in [-0.2, 0) is 7.05 Å². The molecule has 0 aliphatic heterocycles. The Kier molecular flexibility index (Phi) is 4.45. The van der Waals surface area contributed by atoms with Gasteiger partial charge in [-0.3, -0.25) is 14.2 Å². The first-order chi connectivity index (χ1) is 12.9. The molecule has 0 unspecified atom stereocenters. The van der Waals surface area contributed by atoms with Gasteiger partial charge in [0.2, 0.25) is 0 Å². The van der Waals surface area contributed by atoms with E-state index in [1.54, 1.807) is 10.9 Å². The fraction of sp³-hybridized carbons (Fsp3) is 0.500. The number of nitrogens with zero attached hydrogens (tertiary/aromatic N) is 5. The van der Waals surface area contributed by atoms with Gasteiger partial charge in [0.25, 0.3) is 5.91 Å². The van der Waals surface area contributed by atoms with E-state index in [9.17, 15) is 4.79 Å². The predicted molar refractivity (Wildman–Crippen MR) is 104 cm³/mol. The number of rotatable bonds is 6. The van der Waals surface area contributed by atoms with Crippen LogP contribution in [0.4, 0.5) is 0 Å². The Bertz CT molecular complexity index is 997. The highest BCUT2D eigenvalue weighted by Crippen LogP contribution is 2.40. The van der Waals surface area contributed by atoms with Gasteiger partial charge in [0.1, 0.15) is 0 Å². The number of aryl methyl sites for hydroxylation is 3. The molecule has 1 saturated carbocycles. The molecule has 1 N–H and O–H groups in total. The molecule has 3 aromatic heterocycles. The third kappa shape index (κ3) is 3.46. The van der Waals surface area contributed by atoms with Crippen molar-refractivity contribution < 1.29 is 4.79 Å². The summed E-state index contributed by atoms with van der Waals surface area (Å²) in [6.07, 6.45) is 4.85. The predicted octanol–water partition coefficient (Wildman–Crippen LogP) is 3.04. The van der Waals surface area contributed by atoms with E-state index in [-0.39, 0.29) is 11.9 Å². The Morgan fingerprint density at radius 3 is 2.78 bits per heavy atom. The number of fused-ring (bicyclic) bond motifs is 1. The van der Waals surface area contributed by atoms with Crippen molar-refractivity contribution in [2.45, 2.75) is 52.0 Å². The van der Waals surface area contributed by atoms with Crippen molar-refractivity contribution in [1.82, 2.24) is 29.9 Å². The Morgan fingerprint density at radius 2 is 2.11 bits per heavy atom. The molecule has 27 heavy (non-hydrogen) atoms. The van der Waals surface area contributed by atoms with E-state index in [1.807, 2.05) is 24.7 Å². The molecule has 3 heterocycles. The van der Waals surface area contributed by atoms with Crippen LogP contribution in [-0.4, -0.2) is 37.0 Å². The normalized spacial score (nSPS) is 15.3. The number of hydrogen-bond acceptors (Lipinski definition) is 4. The summed E-state index contributed by atoms with van der Waals surface area (Å²) in [6.45, 7) is 6.78. The SMILES string of the molecule is Cc1cc(C)n([C@H](C)CCNC(=O)c2cc(C3CC3)nc3c2cnn3C)n1. The highest BCUT2D eigenvalue weighted by Gasteiger charge is 2.27. The average Bonchev–Trinajstić information content (AvgIpc) is 3.34. The third-order valence-electron chi connectivity index (χ3n) is 5.27. The molecular weight excluding hydrogens is 340 g/mol. The zero-order valence-corrected chi connectivity index (χ0v) is 16.4. The molecule has 1 amide bonds. The highest BCUT2D eigenvalue weighted by atomic mass is 16.1. The van der Waals surface area contributed by atoms with Crippen LogP contribution >= 0.6 is 0 Å². The van der Waals surface area contributed by atoms with Crippen molar-refractivity contribution in [3.63, 3.8) is 0 Å². The molecule has 1 aliphatic carbocycles. The van der Waals surface area contributed by atoms with E-state index in [1.165, 1.54) is 0 Å². The molecule has 1 fully saturated rings. The van der Waals surface area contributed by atoms with Gasteiger partial charge in [0, 0.05) is 30.9 Å². The maximum atomic E-state index is 12.9. The molecule has 0 spiro atoms. The van der Waals surface area contributed by atoms with Gasteiger partial charge in [-0.05, 0) is 52.2 Å². The minimum atomic E-state index is -0.0575. The van der Waals surface area contributed by atoms with Crippen molar-refractivity contribution >= 4 is 16.9 Å². The summed E-state index contributed by atoms with van der Waals surface area (Å²) < 4.78 is 3.77. The largest absolute Gasteiger partial charge is 0.352 e. The number of amides is 1. The van der Waals surface area contributed by atoms with Crippen molar-refractivity contribution in [2.24, 2.45) is 7.05 Å². The van der Waals surface area contributed by atoms with Crippen LogP contribution in [0.25, 0.3) is 11.0 Å². The maximum Gasteiger partial charge on any atom is 0.252 e. The summed E-state index contributed by atoms with van der Waals surface area (Å²) in [5.41, 5.74) is 4.62. The van der Waals surface area contributed by atoms with E-state index in [0.717, 1.165) is 47.4 Å². The van der Waals surface area contributed by atoms with Crippen LogP contribution < -0.4 is 5.32 Å². The Morgan fingerprint density at radius 1 is 1.33 bits per heavy atom. The van der Waals surface area contributed by atoms with Gasteiger partial charge >= 0.3 is 0 Å². The molecule has 3 aromatic rings. The van der Waals surface area contributed by atoms with Crippen molar-refractivity contribution in [1.29, 1.82) is 0 Å². The monoisotopic (exact) mass is 366 g/mol. The highest BCUT2D eigenvalue weighted by molar-refractivity contribution is 6.05. The zero-order chi connectivity index (χ0) is 19.1. The maximum absolute atomic E-state index is 12.9. The number of carbonyl (C=O) groups is 1. The van der Waals surface area contributed by atoms with Crippen LogP contribution in [0, 0.1) is 13.8 Å². The lowest BCUT2D eigenvalue weighted by atomic mass is 10.1. The molecule has 7 heteroatoms. The lowest BCUT2D eigenvalue weighted by molar-refractivity contribution is 0.0953. The summed E-state index contributed by atoms with van der Waals surface area (Å²) in [5, 5.41) is 12.7. The Balaban J connectivity index is 1.47. The van der Waals surface area contributed by atoms with Gasteiger partial charge in [-0.1, -0.05) is 0 Å². The molecule has 0 radical (unpaired) electrons. The van der Waals surface area contributed by atoms with Crippen LogP contribution in [0.1, 0.15) is 65.6 Å². The fourth-order valence-corrected chi connectivity index (χ4v) is 3.61. The van der Waals surface area contributed by atoms with E-state index in [2.05, 4.69) is 35.4 Å². The number of carbonyl (C=O) groups excluding carboxylic acids is 1.